The fraction of sp³-hybridized carbons (Fsp3) is 0.364. The van der Waals surface area contributed by atoms with Gasteiger partial charge in [-0.2, -0.15) is 0 Å². The summed E-state index contributed by atoms with van der Waals surface area (Å²) in [5.74, 6) is -3.34. The number of ether oxygens (including phenoxy) is 1. The largest absolute Gasteiger partial charge is 0.488 e. The number of hydrogen-bond acceptors (Lipinski definition) is 2. The molecule has 1 amide bonds. The fourth-order valence-corrected chi connectivity index (χ4v) is 1.15. The number of carbonyl (C=O) groups excluding carboxylic acids is 1. The van der Waals surface area contributed by atoms with Crippen LogP contribution in [0, 0.1) is 11.6 Å². The molecule has 0 aliphatic heterocycles. The zero-order valence-corrected chi connectivity index (χ0v) is 9.09. The molecule has 0 saturated carbocycles. The van der Waals surface area contributed by atoms with E-state index in [0.29, 0.717) is 6.42 Å². The molecule has 0 aliphatic carbocycles. The van der Waals surface area contributed by atoms with E-state index in [0.717, 1.165) is 12.1 Å². The number of rotatable bonds is 4. The molecule has 88 valence electrons. The minimum atomic E-state index is -1.15. The first-order valence-corrected chi connectivity index (χ1v) is 4.91. The van der Waals surface area contributed by atoms with Gasteiger partial charge in [0, 0.05) is 0 Å². The molecule has 0 fully saturated rings. The van der Waals surface area contributed by atoms with Crippen molar-refractivity contribution in [1.29, 1.82) is 0 Å². The van der Waals surface area contributed by atoms with Crippen molar-refractivity contribution >= 4 is 5.91 Å². The summed E-state index contributed by atoms with van der Waals surface area (Å²) >= 11 is 0. The third kappa shape index (κ3) is 2.48. The minimum Gasteiger partial charge on any atom is -0.488 e. The standard InChI is InChI=1S/C11H13F2NO2/c1-3-6(2)16-8-5-4-7(12)9(10(8)13)11(14)15/h4-6H,3H2,1-2H3,(H2,14,15). The van der Waals surface area contributed by atoms with E-state index in [4.69, 9.17) is 10.5 Å². The van der Waals surface area contributed by atoms with Crippen LogP contribution in [0.1, 0.15) is 30.6 Å². The summed E-state index contributed by atoms with van der Waals surface area (Å²) in [6.07, 6.45) is 0.448. The number of carbonyl (C=O) groups is 1. The van der Waals surface area contributed by atoms with Crippen molar-refractivity contribution in [3.05, 3.63) is 29.3 Å². The van der Waals surface area contributed by atoms with Crippen LogP contribution in [0.3, 0.4) is 0 Å². The monoisotopic (exact) mass is 229 g/mol. The smallest absolute Gasteiger partial charge is 0.254 e. The van der Waals surface area contributed by atoms with Gasteiger partial charge >= 0.3 is 0 Å². The van der Waals surface area contributed by atoms with Crippen LogP contribution in [0.4, 0.5) is 8.78 Å². The average molecular weight is 229 g/mol. The van der Waals surface area contributed by atoms with Crippen LogP contribution in [0.2, 0.25) is 0 Å². The van der Waals surface area contributed by atoms with Crippen molar-refractivity contribution in [3.63, 3.8) is 0 Å². The fourth-order valence-electron chi connectivity index (χ4n) is 1.15. The first kappa shape index (κ1) is 12.4. The summed E-state index contributed by atoms with van der Waals surface area (Å²) in [5.41, 5.74) is 4.11. The Hall–Kier alpha value is -1.65. The molecule has 0 aromatic heterocycles. The maximum absolute atomic E-state index is 13.6. The van der Waals surface area contributed by atoms with E-state index in [2.05, 4.69) is 0 Å². The van der Waals surface area contributed by atoms with Crippen LogP contribution in [0.25, 0.3) is 0 Å². The van der Waals surface area contributed by atoms with Crippen molar-refractivity contribution in [2.24, 2.45) is 5.73 Å². The van der Waals surface area contributed by atoms with E-state index in [9.17, 15) is 13.6 Å². The van der Waals surface area contributed by atoms with E-state index in [1.807, 2.05) is 6.92 Å². The highest BCUT2D eigenvalue weighted by molar-refractivity contribution is 5.93. The van der Waals surface area contributed by atoms with Gasteiger partial charge in [0.25, 0.3) is 5.91 Å². The highest BCUT2D eigenvalue weighted by Crippen LogP contribution is 2.24. The first-order chi connectivity index (χ1) is 7.47. The number of primary amides is 1. The molecular formula is C11H13F2NO2. The summed E-state index contributed by atoms with van der Waals surface area (Å²) in [4.78, 5) is 10.8. The maximum Gasteiger partial charge on any atom is 0.254 e. The van der Waals surface area contributed by atoms with Crippen LogP contribution < -0.4 is 10.5 Å². The lowest BCUT2D eigenvalue weighted by Gasteiger charge is -2.14. The van der Waals surface area contributed by atoms with Gasteiger partial charge in [-0.05, 0) is 25.5 Å². The number of amides is 1. The Morgan fingerprint density at radius 1 is 1.50 bits per heavy atom. The zero-order valence-electron chi connectivity index (χ0n) is 9.09. The van der Waals surface area contributed by atoms with Crippen molar-refractivity contribution in [2.75, 3.05) is 0 Å². The normalized spacial score (nSPS) is 12.2. The van der Waals surface area contributed by atoms with Gasteiger partial charge in [-0.1, -0.05) is 6.92 Å². The van der Waals surface area contributed by atoms with E-state index in [-0.39, 0.29) is 11.9 Å². The van der Waals surface area contributed by atoms with E-state index >= 15 is 0 Å². The van der Waals surface area contributed by atoms with Gasteiger partial charge < -0.3 is 10.5 Å². The van der Waals surface area contributed by atoms with Gasteiger partial charge in [-0.3, -0.25) is 4.79 Å². The second kappa shape index (κ2) is 4.92. The van der Waals surface area contributed by atoms with Crippen molar-refractivity contribution < 1.29 is 18.3 Å². The molecule has 16 heavy (non-hydrogen) atoms. The van der Waals surface area contributed by atoms with Crippen molar-refractivity contribution in [1.82, 2.24) is 0 Å². The number of halogens is 2. The van der Waals surface area contributed by atoms with Gasteiger partial charge in [0.1, 0.15) is 11.4 Å². The van der Waals surface area contributed by atoms with Crippen LogP contribution in [0.15, 0.2) is 12.1 Å². The van der Waals surface area contributed by atoms with Crippen LogP contribution in [-0.4, -0.2) is 12.0 Å². The average Bonchev–Trinajstić information content (AvgIpc) is 2.21. The second-order valence-electron chi connectivity index (χ2n) is 3.44. The number of nitrogens with two attached hydrogens (primary N) is 1. The van der Waals surface area contributed by atoms with Crippen LogP contribution >= 0.6 is 0 Å². The van der Waals surface area contributed by atoms with Crippen LogP contribution in [0.5, 0.6) is 5.75 Å². The Kier molecular flexibility index (Phi) is 3.82. The van der Waals surface area contributed by atoms with E-state index < -0.39 is 23.1 Å². The molecule has 3 nitrogen and oxygen atoms in total. The molecule has 2 N–H and O–H groups in total. The molecule has 1 aromatic rings. The predicted molar refractivity (Wildman–Crippen MR) is 55.3 cm³/mol. The summed E-state index contributed by atoms with van der Waals surface area (Å²) in [6, 6.07) is 2.10. The molecule has 1 unspecified atom stereocenters. The molecule has 0 aliphatic rings. The molecule has 0 radical (unpaired) electrons. The van der Waals surface area contributed by atoms with Crippen LogP contribution in [-0.2, 0) is 0 Å². The first-order valence-electron chi connectivity index (χ1n) is 4.91. The third-order valence-corrected chi connectivity index (χ3v) is 2.21. The highest BCUT2D eigenvalue weighted by atomic mass is 19.1. The quantitative estimate of drug-likeness (QED) is 0.860. The molecule has 1 atom stereocenters. The lowest BCUT2D eigenvalue weighted by atomic mass is 10.1. The Morgan fingerprint density at radius 2 is 2.12 bits per heavy atom. The van der Waals surface area contributed by atoms with Gasteiger partial charge in [-0.25, -0.2) is 8.78 Å². The number of benzene rings is 1. The Morgan fingerprint density at radius 3 is 2.62 bits per heavy atom. The maximum atomic E-state index is 13.6. The summed E-state index contributed by atoms with van der Waals surface area (Å²) in [6.45, 7) is 3.60. The summed E-state index contributed by atoms with van der Waals surface area (Å²) in [5, 5.41) is 0. The molecule has 0 heterocycles. The van der Waals surface area contributed by atoms with E-state index in [1.165, 1.54) is 0 Å². The summed E-state index contributed by atoms with van der Waals surface area (Å²) in [7, 11) is 0. The molecule has 0 saturated heterocycles. The lowest BCUT2D eigenvalue weighted by molar-refractivity contribution is 0.0990. The van der Waals surface area contributed by atoms with Gasteiger partial charge in [-0.15, -0.1) is 0 Å². The van der Waals surface area contributed by atoms with Gasteiger partial charge in [0.15, 0.2) is 11.6 Å². The zero-order chi connectivity index (χ0) is 12.3. The Bertz CT molecular complexity index is 407. The Balaban J connectivity index is 3.13. The lowest BCUT2D eigenvalue weighted by Crippen LogP contribution is -2.18. The Labute approximate surface area is 92.2 Å². The molecule has 1 rings (SSSR count). The predicted octanol–water partition coefficient (Wildman–Crippen LogP) is 2.24. The topological polar surface area (TPSA) is 52.3 Å². The minimum absolute atomic E-state index is 0.162. The van der Waals surface area contributed by atoms with Crippen molar-refractivity contribution in [2.45, 2.75) is 26.4 Å². The number of hydrogen-bond donors (Lipinski definition) is 1. The SMILES string of the molecule is CCC(C)Oc1ccc(F)c(C(N)=O)c1F. The summed E-state index contributed by atoms with van der Waals surface area (Å²) < 4.78 is 31.9. The van der Waals surface area contributed by atoms with E-state index in [1.54, 1.807) is 6.92 Å². The van der Waals surface area contributed by atoms with Crippen molar-refractivity contribution in [3.8, 4) is 5.75 Å². The molecule has 5 heteroatoms. The third-order valence-electron chi connectivity index (χ3n) is 2.21. The molecule has 0 bridgehead atoms. The molecule has 1 aromatic carbocycles. The second-order valence-corrected chi connectivity index (χ2v) is 3.44. The molecular weight excluding hydrogens is 216 g/mol. The molecule has 0 spiro atoms. The van der Waals surface area contributed by atoms with Gasteiger partial charge in [0.05, 0.1) is 6.10 Å². The van der Waals surface area contributed by atoms with Gasteiger partial charge in [0.2, 0.25) is 0 Å². The highest BCUT2D eigenvalue weighted by Gasteiger charge is 2.19.